The fraction of sp³-hybridized carbons (Fsp3) is 0.318. The van der Waals surface area contributed by atoms with E-state index in [-0.39, 0.29) is 17.4 Å². The maximum Gasteiger partial charge on any atom is 0.417 e. The molecule has 166 valence electrons. The fourth-order valence-corrected chi connectivity index (χ4v) is 4.95. The van der Waals surface area contributed by atoms with Gasteiger partial charge in [0.15, 0.2) is 11.6 Å². The molecule has 1 amide bonds. The summed E-state index contributed by atoms with van der Waals surface area (Å²) >= 11 is 6.03. The Kier molecular flexibility index (Phi) is 4.96. The van der Waals surface area contributed by atoms with E-state index in [1.54, 1.807) is 17.0 Å². The monoisotopic (exact) mass is 464 g/mol. The molecule has 2 aliphatic heterocycles. The Bertz CT molecular complexity index is 1190. The molecule has 0 radical (unpaired) electrons. The van der Waals surface area contributed by atoms with E-state index in [0.717, 1.165) is 12.5 Å². The molecule has 0 spiro atoms. The van der Waals surface area contributed by atoms with Gasteiger partial charge in [0.2, 0.25) is 0 Å². The molecular weight excluding hydrogens is 448 g/mol. The number of nitrogens with zero attached hydrogens (tertiary/aromatic N) is 4. The molecule has 1 unspecified atom stereocenters. The summed E-state index contributed by atoms with van der Waals surface area (Å²) in [6.07, 6.45) is -2.50. The first-order valence-electron chi connectivity index (χ1n) is 10.1. The summed E-state index contributed by atoms with van der Waals surface area (Å²) in [5, 5.41) is 7.97. The molecule has 32 heavy (non-hydrogen) atoms. The van der Waals surface area contributed by atoms with E-state index >= 15 is 0 Å². The molecule has 3 heterocycles. The third-order valence-electron chi connectivity index (χ3n) is 6.09. The van der Waals surface area contributed by atoms with Crippen molar-refractivity contribution >= 4 is 17.5 Å². The number of hydrogen-bond acceptors (Lipinski definition) is 3. The first kappa shape index (κ1) is 20.9. The van der Waals surface area contributed by atoms with Crippen molar-refractivity contribution in [2.24, 2.45) is 0 Å². The van der Waals surface area contributed by atoms with Gasteiger partial charge in [0.05, 0.1) is 28.2 Å². The van der Waals surface area contributed by atoms with Crippen molar-refractivity contribution in [3.8, 4) is 11.4 Å². The zero-order valence-corrected chi connectivity index (χ0v) is 17.4. The molecule has 1 saturated heterocycles. The van der Waals surface area contributed by atoms with Gasteiger partial charge in [-0.3, -0.25) is 4.79 Å². The molecule has 2 atom stereocenters. The smallest absolute Gasteiger partial charge is 0.324 e. The number of aromatic nitrogens is 3. The van der Waals surface area contributed by atoms with Gasteiger partial charge in [-0.25, -0.2) is 4.39 Å². The normalized spacial score (nSPS) is 20.2. The van der Waals surface area contributed by atoms with E-state index in [2.05, 4.69) is 10.2 Å². The number of piperidine rings is 1. The number of fused-ring (bicyclic) bond motifs is 4. The fourth-order valence-electron chi connectivity index (χ4n) is 4.64. The first-order valence-corrected chi connectivity index (χ1v) is 10.5. The number of halogens is 5. The molecule has 0 aliphatic carbocycles. The Morgan fingerprint density at radius 2 is 1.81 bits per heavy atom. The zero-order valence-electron chi connectivity index (χ0n) is 16.6. The van der Waals surface area contributed by atoms with Crippen molar-refractivity contribution in [2.75, 3.05) is 0 Å². The molecule has 3 aromatic rings. The molecule has 1 fully saturated rings. The molecule has 2 bridgehead atoms. The summed E-state index contributed by atoms with van der Waals surface area (Å²) < 4.78 is 55.1. The standard InChI is InChI=1S/C22H17ClF4N4O/c23-18-15(4-2-5-16(18)22(25,26)27)21(32)31-14-3-1-6-17(31)20-29-28-19(30(20)11-14)12-7-9-13(24)10-8-12/h2,4-5,7-10,14,17H,1,3,6,11H2/t14-,17?/m1/s1. The molecule has 2 aliphatic rings. The van der Waals surface area contributed by atoms with E-state index in [0.29, 0.717) is 36.6 Å². The van der Waals surface area contributed by atoms with Gasteiger partial charge in [-0.05, 0) is 55.7 Å². The average molecular weight is 465 g/mol. The molecule has 0 saturated carbocycles. The highest BCUT2D eigenvalue weighted by molar-refractivity contribution is 6.34. The minimum Gasteiger partial charge on any atom is -0.324 e. The summed E-state index contributed by atoms with van der Waals surface area (Å²) in [6, 6.07) is 8.61. The Hall–Kier alpha value is -2.94. The number of alkyl halides is 3. The van der Waals surface area contributed by atoms with Crippen LogP contribution >= 0.6 is 11.6 Å². The minimum absolute atomic E-state index is 0.176. The second-order valence-electron chi connectivity index (χ2n) is 7.98. The number of amides is 1. The lowest BCUT2D eigenvalue weighted by Gasteiger charge is -2.46. The Balaban J connectivity index is 1.54. The van der Waals surface area contributed by atoms with Gasteiger partial charge in [-0.2, -0.15) is 13.2 Å². The average Bonchev–Trinajstić information content (AvgIpc) is 3.16. The third-order valence-corrected chi connectivity index (χ3v) is 6.49. The minimum atomic E-state index is -4.66. The number of rotatable bonds is 2. The number of carbonyl (C=O) groups is 1. The molecule has 5 rings (SSSR count). The third kappa shape index (κ3) is 3.35. The summed E-state index contributed by atoms with van der Waals surface area (Å²) in [4.78, 5) is 15.0. The van der Waals surface area contributed by atoms with Gasteiger partial charge in [0, 0.05) is 12.1 Å². The van der Waals surface area contributed by atoms with Gasteiger partial charge in [0.25, 0.3) is 5.91 Å². The maximum atomic E-state index is 13.4. The highest BCUT2D eigenvalue weighted by Crippen LogP contribution is 2.43. The van der Waals surface area contributed by atoms with Crippen LogP contribution in [0.4, 0.5) is 17.6 Å². The van der Waals surface area contributed by atoms with Crippen molar-refractivity contribution in [1.29, 1.82) is 0 Å². The van der Waals surface area contributed by atoms with E-state index in [9.17, 15) is 22.4 Å². The van der Waals surface area contributed by atoms with Crippen LogP contribution in [0.5, 0.6) is 0 Å². The van der Waals surface area contributed by atoms with Crippen molar-refractivity contribution in [3.63, 3.8) is 0 Å². The zero-order chi connectivity index (χ0) is 22.6. The number of hydrogen-bond donors (Lipinski definition) is 0. The Morgan fingerprint density at radius 1 is 1.06 bits per heavy atom. The lowest BCUT2D eigenvalue weighted by atomic mass is 9.90. The first-order chi connectivity index (χ1) is 15.3. The van der Waals surface area contributed by atoms with Gasteiger partial charge in [-0.1, -0.05) is 17.7 Å². The van der Waals surface area contributed by atoms with Crippen LogP contribution in [0.15, 0.2) is 42.5 Å². The van der Waals surface area contributed by atoms with Gasteiger partial charge in [0.1, 0.15) is 5.82 Å². The van der Waals surface area contributed by atoms with Crippen molar-refractivity contribution in [1.82, 2.24) is 19.7 Å². The number of carbonyl (C=O) groups excluding carboxylic acids is 1. The van der Waals surface area contributed by atoms with Crippen LogP contribution in [0, 0.1) is 5.82 Å². The molecule has 0 N–H and O–H groups in total. The molecule has 5 nitrogen and oxygen atoms in total. The predicted octanol–water partition coefficient (Wildman–Crippen LogP) is 5.51. The topological polar surface area (TPSA) is 51.0 Å². The highest BCUT2D eigenvalue weighted by Gasteiger charge is 2.44. The van der Waals surface area contributed by atoms with E-state index in [1.807, 2.05) is 4.57 Å². The predicted molar refractivity (Wildman–Crippen MR) is 108 cm³/mol. The Labute approximate surface area is 185 Å². The van der Waals surface area contributed by atoms with Gasteiger partial charge >= 0.3 is 6.18 Å². The van der Waals surface area contributed by atoms with Crippen LogP contribution in [0.25, 0.3) is 11.4 Å². The Morgan fingerprint density at radius 3 is 2.53 bits per heavy atom. The SMILES string of the molecule is O=C(c1cccc(C(F)(F)F)c1Cl)N1C2CCC[C@@H]1Cn1c(-c3ccc(F)cc3)nnc12. The lowest BCUT2D eigenvalue weighted by Crippen LogP contribution is -2.52. The van der Waals surface area contributed by atoms with E-state index in [4.69, 9.17) is 11.6 Å². The molecule has 1 aromatic heterocycles. The summed E-state index contributed by atoms with van der Waals surface area (Å²) in [7, 11) is 0. The largest absolute Gasteiger partial charge is 0.417 e. The van der Waals surface area contributed by atoms with E-state index in [1.165, 1.54) is 24.3 Å². The number of benzene rings is 2. The highest BCUT2D eigenvalue weighted by atomic mass is 35.5. The summed E-state index contributed by atoms with van der Waals surface area (Å²) in [5.41, 5.74) is -0.511. The molecule has 10 heteroatoms. The van der Waals surface area contributed by atoms with Crippen LogP contribution < -0.4 is 0 Å². The maximum absolute atomic E-state index is 13.4. The second kappa shape index (κ2) is 7.58. The van der Waals surface area contributed by atoms with Crippen molar-refractivity contribution in [2.45, 2.75) is 44.1 Å². The quantitative estimate of drug-likeness (QED) is 0.470. The van der Waals surface area contributed by atoms with Crippen LogP contribution in [-0.4, -0.2) is 31.6 Å². The van der Waals surface area contributed by atoms with Crippen molar-refractivity contribution in [3.05, 3.63) is 70.3 Å². The van der Waals surface area contributed by atoms with Crippen LogP contribution in [0.2, 0.25) is 5.02 Å². The van der Waals surface area contributed by atoms with Crippen LogP contribution in [0.3, 0.4) is 0 Å². The summed E-state index contributed by atoms with van der Waals surface area (Å²) in [6.45, 7) is 0.397. The van der Waals surface area contributed by atoms with Crippen LogP contribution in [0.1, 0.15) is 47.1 Å². The second-order valence-corrected chi connectivity index (χ2v) is 8.36. The lowest BCUT2D eigenvalue weighted by molar-refractivity contribution is -0.137. The van der Waals surface area contributed by atoms with Crippen LogP contribution in [-0.2, 0) is 12.7 Å². The molecule has 2 aromatic carbocycles. The van der Waals surface area contributed by atoms with Gasteiger partial charge in [-0.15, -0.1) is 10.2 Å². The summed E-state index contributed by atoms with van der Waals surface area (Å²) in [5.74, 6) is 0.227. The van der Waals surface area contributed by atoms with Gasteiger partial charge < -0.3 is 9.47 Å². The molecular formula is C22H17ClF4N4O. The van der Waals surface area contributed by atoms with Crippen molar-refractivity contribution < 1.29 is 22.4 Å². The van der Waals surface area contributed by atoms with E-state index < -0.39 is 28.7 Å².